The van der Waals surface area contributed by atoms with Crippen LogP contribution in [0.15, 0.2) is 48.6 Å². The predicted octanol–water partition coefficient (Wildman–Crippen LogP) is 1.03. The van der Waals surface area contributed by atoms with E-state index >= 15 is 0 Å². The topological polar surface area (TPSA) is 211 Å². The van der Waals surface area contributed by atoms with E-state index in [1.165, 1.54) is 42.5 Å². The molecule has 0 aromatic heterocycles. The number of aliphatic carboxylic acids is 1. The van der Waals surface area contributed by atoms with Crippen LogP contribution >= 0.6 is 0 Å². The van der Waals surface area contributed by atoms with Crippen molar-refractivity contribution in [3.8, 4) is 23.0 Å². The van der Waals surface area contributed by atoms with Crippen molar-refractivity contribution < 1.29 is 59.6 Å². The normalized spacial score (nSPS) is 23.7. The zero-order chi connectivity index (χ0) is 27.3. The molecule has 0 spiro atoms. The monoisotopic (exact) mass is 516 g/mol. The third kappa shape index (κ3) is 6.57. The Balaban J connectivity index is 1.66. The van der Waals surface area contributed by atoms with Gasteiger partial charge < -0.3 is 45.2 Å². The number of phenols is 4. The first kappa shape index (κ1) is 27.0. The summed E-state index contributed by atoms with van der Waals surface area (Å²) in [4.78, 5) is 36.4. The maximum absolute atomic E-state index is 12.3. The van der Waals surface area contributed by atoms with E-state index in [9.17, 15) is 50.1 Å². The van der Waals surface area contributed by atoms with E-state index in [1.807, 2.05) is 0 Å². The van der Waals surface area contributed by atoms with Crippen LogP contribution in [0.1, 0.15) is 24.0 Å². The van der Waals surface area contributed by atoms with E-state index < -0.39 is 66.2 Å². The highest BCUT2D eigenvalue weighted by atomic mass is 16.6. The minimum atomic E-state index is -2.32. The highest BCUT2D eigenvalue weighted by Crippen LogP contribution is 2.35. The summed E-state index contributed by atoms with van der Waals surface area (Å²) in [6, 6.07) is 7.48. The number of esters is 2. The molecule has 7 N–H and O–H groups in total. The minimum Gasteiger partial charge on any atom is -0.504 e. The highest BCUT2D eigenvalue weighted by Gasteiger charge is 2.54. The lowest BCUT2D eigenvalue weighted by Crippen LogP contribution is -2.58. The second-order valence-corrected chi connectivity index (χ2v) is 8.33. The summed E-state index contributed by atoms with van der Waals surface area (Å²) in [6.07, 6.45) is -2.07. The molecule has 4 atom stereocenters. The molecule has 0 saturated heterocycles. The summed E-state index contributed by atoms with van der Waals surface area (Å²) in [7, 11) is 0. The van der Waals surface area contributed by atoms with Gasteiger partial charge in [-0.3, -0.25) is 0 Å². The molecule has 0 bridgehead atoms. The number of carboxylic acids is 1. The third-order valence-electron chi connectivity index (χ3n) is 5.60. The number of rotatable bonds is 7. The van der Waals surface area contributed by atoms with Crippen molar-refractivity contribution in [3.05, 3.63) is 59.7 Å². The minimum absolute atomic E-state index is 0.294. The number of carboxylic acid groups (broad SMARTS) is 1. The molecule has 37 heavy (non-hydrogen) atoms. The Labute approximate surface area is 209 Å². The number of hydrogen-bond donors (Lipinski definition) is 7. The van der Waals surface area contributed by atoms with Crippen molar-refractivity contribution in [3.63, 3.8) is 0 Å². The molecule has 1 saturated carbocycles. The summed E-state index contributed by atoms with van der Waals surface area (Å²) in [6.45, 7) is 0. The Morgan fingerprint density at radius 1 is 0.757 bits per heavy atom. The molecule has 12 heteroatoms. The summed E-state index contributed by atoms with van der Waals surface area (Å²) in [5, 5.41) is 68.3. The van der Waals surface area contributed by atoms with Crippen molar-refractivity contribution in [1.29, 1.82) is 0 Å². The lowest BCUT2D eigenvalue weighted by molar-refractivity contribution is -0.207. The number of phenolic OH excluding ortho intramolecular Hbond substituents is 4. The highest BCUT2D eigenvalue weighted by molar-refractivity contribution is 5.91. The Hall–Kier alpha value is -4.55. The number of carbonyl (C=O) groups excluding carboxylic acids is 2. The fraction of sp³-hybridized carbons (Fsp3) is 0.240. The number of ether oxygens (including phenoxy) is 2. The lowest BCUT2D eigenvalue weighted by atomic mass is 9.79. The number of aliphatic hydroxyl groups is 2. The fourth-order valence-electron chi connectivity index (χ4n) is 3.72. The van der Waals surface area contributed by atoms with Crippen molar-refractivity contribution in [2.45, 2.75) is 36.8 Å². The van der Waals surface area contributed by atoms with Gasteiger partial charge in [-0.2, -0.15) is 0 Å². The first-order chi connectivity index (χ1) is 17.4. The zero-order valence-corrected chi connectivity index (χ0v) is 19.1. The molecule has 0 radical (unpaired) electrons. The Morgan fingerprint density at radius 2 is 1.22 bits per heavy atom. The Morgan fingerprint density at radius 3 is 1.65 bits per heavy atom. The van der Waals surface area contributed by atoms with Crippen molar-refractivity contribution in [2.75, 3.05) is 0 Å². The number of benzene rings is 2. The molecule has 1 aliphatic carbocycles. The lowest BCUT2D eigenvalue weighted by Gasteiger charge is -2.41. The molecule has 3 rings (SSSR count). The first-order valence-corrected chi connectivity index (χ1v) is 10.8. The van der Waals surface area contributed by atoms with Crippen molar-refractivity contribution >= 4 is 30.1 Å². The van der Waals surface area contributed by atoms with Crippen LogP contribution in [0.25, 0.3) is 12.2 Å². The average Bonchev–Trinajstić information content (AvgIpc) is 2.83. The largest absolute Gasteiger partial charge is 0.504 e. The standard InChI is InChI=1S/C25H24O12/c26-15-5-1-13(9-17(15)28)3-7-21(32)36-23-19(30)11-25(24(34)35,12-20(23)31)37-22(33)8-4-14-2-6-16(27)18(29)10-14/h1-10,19-20,23,26-31H,11-12H2,(H,34,35)/b7-3-,8-4-/t19-,20+,23?,25?. The van der Waals surface area contributed by atoms with Gasteiger partial charge in [-0.05, 0) is 47.5 Å². The van der Waals surface area contributed by atoms with Crippen LogP contribution in [0.5, 0.6) is 23.0 Å². The number of aromatic hydroxyl groups is 4. The van der Waals surface area contributed by atoms with Gasteiger partial charge >= 0.3 is 17.9 Å². The van der Waals surface area contributed by atoms with E-state index in [0.717, 1.165) is 18.2 Å². The molecule has 196 valence electrons. The van der Waals surface area contributed by atoms with Crippen LogP contribution in [-0.2, 0) is 23.9 Å². The van der Waals surface area contributed by atoms with Crippen LogP contribution in [0.4, 0.5) is 0 Å². The van der Waals surface area contributed by atoms with Crippen LogP contribution in [-0.4, -0.2) is 77.6 Å². The second kappa shape index (κ2) is 11.0. The maximum atomic E-state index is 12.3. The summed E-state index contributed by atoms with van der Waals surface area (Å²) in [5.74, 6) is -5.32. The number of carbonyl (C=O) groups is 3. The molecule has 0 aliphatic heterocycles. The summed E-state index contributed by atoms with van der Waals surface area (Å²) < 4.78 is 10.1. The second-order valence-electron chi connectivity index (χ2n) is 8.33. The number of hydrogen-bond acceptors (Lipinski definition) is 11. The molecule has 2 aromatic rings. The van der Waals surface area contributed by atoms with Gasteiger partial charge in [-0.25, -0.2) is 14.4 Å². The molecular formula is C25H24O12. The van der Waals surface area contributed by atoms with Crippen molar-refractivity contribution in [2.24, 2.45) is 0 Å². The van der Waals surface area contributed by atoms with Gasteiger partial charge in [0.05, 0.1) is 12.2 Å². The van der Waals surface area contributed by atoms with Crippen LogP contribution in [0, 0.1) is 0 Å². The number of aliphatic hydroxyl groups excluding tert-OH is 2. The van der Waals surface area contributed by atoms with Gasteiger partial charge in [0.1, 0.15) is 0 Å². The van der Waals surface area contributed by atoms with E-state index in [0.29, 0.717) is 11.1 Å². The smallest absolute Gasteiger partial charge is 0.348 e. The average molecular weight is 516 g/mol. The molecule has 0 heterocycles. The summed E-state index contributed by atoms with van der Waals surface area (Å²) >= 11 is 0. The van der Waals surface area contributed by atoms with Gasteiger partial charge in [0, 0.05) is 25.0 Å². The van der Waals surface area contributed by atoms with E-state index in [4.69, 9.17) is 9.47 Å². The Bertz CT molecular complexity index is 1240. The van der Waals surface area contributed by atoms with Gasteiger partial charge in [-0.15, -0.1) is 0 Å². The van der Waals surface area contributed by atoms with Gasteiger partial charge in [0.2, 0.25) is 5.60 Å². The summed E-state index contributed by atoms with van der Waals surface area (Å²) in [5.41, 5.74) is -1.69. The van der Waals surface area contributed by atoms with Gasteiger partial charge in [0.15, 0.2) is 29.1 Å². The van der Waals surface area contributed by atoms with Gasteiger partial charge in [0.25, 0.3) is 0 Å². The molecule has 12 nitrogen and oxygen atoms in total. The van der Waals surface area contributed by atoms with Crippen LogP contribution in [0.3, 0.4) is 0 Å². The molecular weight excluding hydrogens is 492 g/mol. The van der Waals surface area contributed by atoms with E-state index in [1.54, 1.807) is 0 Å². The van der Waals surface area contributed by atoms with E-state index in [2.05, 4.69) is 0 Å². The first-order valence-electron chi connectivity index (χ1n) is 10.8. The van der Waals surface area contributed by atoms with E-state index in [-0.39, 0.29) is 11.5 Å². The van der Waals surface area contributed by atoms with Crippen LogP contribution < -0.4 is 0 Å². The fourth-order valence-corrected chi connectivity index (χ4v) is 3.72. The molecule has 1 fully saturated rings. The van der Waals surface area contributed by atoms with Crippen LogP contribution in [0.2, 0.25) is 0 Å². The van der Waals surface area contributed by atoms with Gasteiger partial charge in [-0.1, -0.05) is 12.1 Å². The molecule has 1 aliphatic rings. The van der Waals surface area contributed by atoms with Crippen molar-refractivity contribution in [1.82, 2.24) is 0 Å². The maximum Gasteiger partial charge on any atom is 0.348 e. The molecule has 0 amide bonds. The Kier molecular flexibility index (Phi) is 8.05. The SMILES string of the molecule is O=C(/C=C\c1ccc(O)c(O)c1)OC1[C@H](O)CC(OC(=O)/C=C\c2ccc(O)c(O)c2)(C(=O)O)C[C@@H]1O. The molecule has 2 unspecified atom stereocenters. The zero-order valence-electron chi connectivity index (χ0n) is 19.1. The predicted molar refractivity (Wildman–Crippen MR) is 125 cm³/mol. The third-order valence-corrected chi connectivity index (χ3v) is 5.60. The molecule has 2 aromatic carbocycles. The quantitative estimate of drug-likeness (QED) is 0.156.